The van der Waals surface area contributed by atoms with Crippen LogP contribution in [0.4, 0.5) is 10.1 Å². The Kier molecular flexibility index (Phi) is 8.77. The van der Waals surface area contributed by atoms with Gasteiger partial charge in [0.2, 0.25) is 5.91 Å². The van der Waals surface area contributed by atoms with Crippen LogP contribution in [0.2, 0.25) is 5.02 Å². The number of halogens is 2. The van der Waals surface area contributed by atoms with E-state index in [-0.39, 0.29) is 11.5 Å². The number of benzene rings is 3. The number of hydrogen-bond donors (Lipinski definition) is 2. The highest BCUT2D eigenvalue weighted by Gasteiger charge is 2.40. The lowest BCUT2D eigenvalue weighted by atomic mass is 9.82. The average Bonchev–Trinajstić information content (AvgIpc) is 2.89. The molecule has 0 spiro atoms. The van der Waals surface area contributed by atoms with E-state index in [1.54, 1.807) is 49.9 Å². The fourth-order valence-corrected chi connectivity index (χ4v) is 5.37. The molecule has 0 radical (unpaired) electrons. The summed E-state index contributed by atoms with van der Waals surface area (Å²) in [6.45, 7) is 7.59. The molecule has 1 heterocycles. The Bertz CT molecular complexity index is 1330. The molecule has 3 aromatic rings. The number of nitrogens with zero attached hydrogens (tertiary/aromatic N) is 1. The van der Waals surface area contributed by atoms with E-state index in [1.165, 1.54) is 6.07 Å². The van der Waals surface area contributed by atoms with Gasteiger partial charge in [-0.2, -0.15) is 0 Å². The molecule has 0 aliphatic carbocycles. The summed E-state index contributed by atoms with van der Waals surface area (Å²) in [5.74, 6) is -1.75. The molecule has 5 nitrogen and oxygen atoms in total. The summed E-state index contributed by atoms with van der Waals surface area (Å²) in [6, 6.07) is 17.2. The molecule has 39 heavy (non-hydrogen) atoms. The third kappa shape index (κ3) is 6.87. The fraction of sp³-hybridized carbons (Fsp3) is 0.375. The summed E-state index contributed by atoms with van der Waals surface area (Å²) in [4.78, 5) is 29.1. The quantitative estimate of drug-likeness (QED) is 0.332. The number of aliphatic hydroxyl groups is 1. The van der Waals surface area contributed by atoms with E-state index in [0.29, 0.717) is 48.5 Å². The number of hydrogen-bond acceptors (Lipinski definition) is 3. The number of rotatable bonds is 7. The molecule has 2 atom stereocenters. The number of likely N-dealkylation sites (tertiary alicyclic amines) is 1. The second-order valence-electron chi connectivity index (χ2n) is 11.1. The van der Waals surface area contributed by atoms with E-state index >= 15 is 0 Å². The van der Waals surface area contributed by atoms with Gasteiger partial charge in [-0.1, -0.05) is 54.1 Å². The van der Waals surface area contributed by atoms with Crippen molar-refractivity contribution < 1.29 is 19.1 Å². The zero-order valence-corrected chi connectivity index (χ0v) is 23.7. The van der Waals surface area contributed by atoms with Gasteiger partial charge in [0.1, 0.15) is 5.82 Å². The summed E-state index contributed by atoms with van der Waals surface area (Å²) in [5.41, 5.74) is 3.18. The molecular weight excluding hydrogens is 515 g/mol. The minimum Gasteiger partial charge on any atom is -0.390 e. The van der Waals surface area contributed by atoms with Gasteiger partial charge in [-0.05, 0) is 93.8 Å². The number of anilines is 1. The van der Waals surface area contributed by atoms with Crippen molar-refractivity contribution in [3.63, 3.8) is 0 Å². The number of aryl methyl sites for hydroxylation is 3. The lowest BCUT2D eigenvalue weighted by molar-refractivity contribution is -0.123. The lowest BCUT2D eigenvalue weighted by Crippen LogP contribution is -2.46. The van der Waals surface area contributed by atoms with Gasteiger partial charge in [-0.25, -0.2) is 4.39 Å². The topological polar surface area (TPSA) is 69.6 Å². The van der Waals surface area contributed by atoms with Crippen LogP contribution in [0.25, 0.3) is 0 Å². The maximum Gasteiger partial charge on any atom is 0.257 e. The highest BCUT2D eigenvalue weighted by molar-refractivity contribution is 6.31. The van der Waals surface area contributed by atoms with E-state index in [9.17, 15) is 19.1 Å². The number of carbonyl (C=O) groups is 2. The molecule has 1 aliphatic rings. The van der Waals surface area contributed by atoms with Crippen LogP contribution in [-0.2, 0) is 11.2 Å². The molecule has 4 rings (SSSR count). The van der Waals surface area contributed by atoms with Gasteiger partial charge in [-0.3, -0.25) is 9.59 Å². The number of nitrogens with one attached hydrogen (secondary N) is 1. The van der Waals surface area contributed by atoms with Crippen molar-refractivity contribution in [2.75, 3.05) is 11.9 Å². The maximum absolute atomic E-state index is 14.9. The Balaban J connectivity index is 1.69. The number of carbonyl (C=O) groups excluding carboxylic acids is 2. The highest BCUT2D eigenvalue weighted by Crippen LogP contribution is 2.39. The van der Waals surface area contributed by atoms with Gasteiger partial charge in [0.25, 0.3) is 5.91 Å². The largest absolute Gasteiger partial charge is 0.390 e. The number of piperidine rings is 1. The molecule has 1 saturated heterocycles. The zero-order valence-electron chi connectivity index (χ0n) is 22.9. The summed E-state index contributed by atoms with van der Waals surface area (Å²) in [7, 11) is 0. The average molecular weight is 551 g/mol. The SMILES string of the molecule is Cc1ccc(NC(=O)[C@H]2CCCN(C(=O)c3c(C)cccc3F)[C@H]2c2ccc(CCC(C)(C)O)cc2)cc1Cl. The molecular formula is C32H36ClFN2O3. The van der Waals surface area contributed by atoms with Gasteiger partial charge >= 0.3 is 0 Å². The van der Waals surface area contributed by atoms with Gasteiger partial charge in [0.15, 0.2) is 0 Å². The third-order valence-electron chi connectivity index (χ3n) is 7.45. The van der Waals surface area contributed by atoms with Crippen LogP contribution in [0, 0.1) is 25.6 Å². The summed E-state index contributed by atoms with van der Waals surface area (Å²) in [5, 5.41) is 13.7. The molecule has 2 amide bonds. The minimum absolute atomic E-state index is 0.0377. The Morgan fingerprint density at radius 3 is 2.44 bits per heavy atom. The highest BCUT2D eigenvalue weighted by atomic mass is 35.5. The molecule has 0 unspecified atom stereocenters. The van der Waals surface area contributed by atoms with Crippen molar-refractivity contribution in [2.45, 2.75) is 65.0 Å². The Morgan fingerprint density at radius 2 is 1.79 bits per heavy atom. The summed E-state index contributed by atoms with van der Waals surface area (Å²) < 4.78 is 14.9. The Labute approximate surface area is 235 Å². The van der Waals surface area contributed by atoms with Crippen molar-refractivity contribution in [3.05, 3.63) is 99.3 Å². The molecule has 3 aromatic carbocycles. The standard InChI is InChI=1S/C32H36ClFN2O3/c1-20-10-15-24(19-26(20)33)35-30(37)25-8-6-18-36(31(38)28-21(2)7-5-9-27(28)34)29(25)23-13-11-22(12-14-23)16-17-32(3,4)39/h5,7,9-15,19,25,29,39H,6,8,16-18H2,1-4H3,(H,35,37)/t25-,29-/m0/s1. The van der Waals surface area contributed by atoms with Crippen molar-refractivity contribution >= 4 is 29.1 Å². The molecule has 1 fully saturated rings. The van der Waals surface area contributed by atoms with Crippen molar-refractivity contribution in [1.29, 1.82) is 0 Å². The lowest BCUT2D eigenvalue weighted by Gasteiger charge is -2.41. The molecule has 0 bridgehead atoms. The molecule has 2 N–H and O–H groups in total. The van der Waals surface area contributed by atoms with Crippen molar-refractivity contribution in [2.24, 2.45) is 5.92 Å². The van der Waals surface area contributed by atoms with Crippen molar-refractivity contribution in [3.8, 4) is 0 Å². The van der Waals surface area contributed by atoms with E-state index in [0.717, 1.165) is 16.7 Å². The number of amides is 2. The van der Waals surface area contributed by atoms with Crippen LogP contribution in [0.15, 0.2) is 60.7 Å². The van der Waals surface area contributed by atoms with E-state index in [4.69, 9.17) is 11.6 Å². The summed E-state index contributed by atoms with van der Waals surface area (Å²) >= 11 is 6.28. The predicted octanol–water partition coefficient (Wildman–Crippen LogP) is 7.03. The first kappa shape index (κ1) is 28.8. The van der Waals surface area contributed by atoms with E-state index in [2.05, 4.69) is 5.32 Å². The van der Waals surface area contributed by atoms with Gasteiger partial charge in [0, 0.05) is 17.3 Å². The Hall–Kier alpha value is -3.22. The molecule has 0 aromatic heterocycles. The van der Waals surface area contributed by atoms with Crippen LogP contribution in [-0.4, -0.2) is 34.0 Å². The second kappa shape index (κ2) is 11.9. The van der Waals surface area contributed by atoms with Gasteiger partial charge in [-0.15, -0.1) is 0 Å². The fourth-order valence-electron chi connectivity index (χ4n) is 5.19. The van der Waals surface area contributed by atoms with Crippen LogP contribution in [0.5, 0.6) is 0 Å². The van der Waals surface area contributed by atoms with Crippen LogP contribution >= 0.6 is 11.6 Å². The third-order valence-corrected chi connectivity index (χ3v) is 7.86. The van der Waals surface area contributed by atoms with Crippen molar-refractivity contribution in [1.82, 2.24) is 4.90 Å². The maximum atomic E-state index is 14.9. The molecule has 1 aliphatic heterocycles. The van der Waals surface area contributed by atoms with Crippen LogP contribution in [0.3, 0.4) is 0 Å². The monoisotopic (exact) mass is 550 g/mol. The van der Waals surface area contributed by atoms with Gasteiger partial charge in [0.05, 0.1) is 23.1 Å². The minimum atomic E-state index is -0.773. The first-order valence-electron chi connectivity index (χ1n) is 13.4. The molecule has 206 valence electrons. The first-order chi connectivity index (χ1) is 18.4. The normalized spacial score (nSPS) is 17.7. The predicted molar refractivity (Wildman–Crippen MR) is 154 cm³/mol. The van der Waals surface area contributed by atoms with Crippen LogP contribution < -0.4 is 5.32 Å². The molecule has 7 heteroatoms. The smallest absolute Gasteiger partial charge is 0.257 e. The summed E-state index contributed by atoms with van der Waals surface area (Å²) in [6.07, 6.45) is 2.50. The molecule has 0 saturated carbocycles. The first-order valence-corrected chi connectivity index (χ1v) is 13.8. The zero-order chi connectivity index (χ0) is 28.3. The Morgan fingerprint density at radius 1 is 1.08 bits per heavy atom. The second-order valence-corrected chi connectivity index (χ2v) is 11.5. The van der Waals surface area contributed by atoms with E-state index < -0.39 is 29.3 Å². The van der Waals surface area contributed by atoms with Crippen LogP contribution in [0.1, 0.15) is 71.8 Å². The van der Waals surface area contributed by atoms with E-state index in [1.807, 2.05) is 37.3 Å². The van der Waals surface area contributed by atoms with Gasteiger partial charge < -0.3 is 15.3 Å².